The Kier molecular flexibility index (Phi) is 5.57. The predicted molar refractivity (Wildman–Crippen MR) is 123 cm³/mol. The molecular weight excluding hydrogens is 404 g/mol. The molecule has 1 saturated heterocycles. The van der Waals surface area contributed by atoms with E-state index >= 15 is 0 Å². The Hall–Kier alpha value is -2.96. The van der Waals surface area contributed by atoms with Crippen LogP contribution in [0.2, 0.25) is 0 Å². The molecule has 2 aliphatic rings. The zero-order valence-electron chi connectivity index (χ0n) is 18.6. The SMILES string of the molecule is Cc1cc2oc3c(c(=O)c2cc1C)C(c1ccccc1)N(CCCN1CCOCC1)C3=O. The first-order valence-corrected chi connectivity index (χ1v) is 11.3. The Labute approximate surface area is 187 Å². The van der Waals surface area contributed by atoms with Gasteiger partial charge in [0.1, 0.15) is 5.58 Å². The molecular formula is C26H28N2O4. The van der Waals surface area contributed by atoms with Gasteiger partial charge in [0.05, 0.1) is 30.2 Å². The molecule has 166 valence electrons. The fourth-order valence-corrected chi connectivity index (χ4v) is 4.78. The highest BCUT2D eigenvalue weighted by molar-refractivity contribution is 5.99. The molecule has 1 amide bonds. The van der Waals surface area contributed by atoms with Gasteiger partial charge in [-0.3, -0.25) is 14.5 Å². The first-order chi connectivity index (χ1) is 15.5. The van der Waals surface area contributed by atoms with Gasteiger partial charge in [0.15, 0.2) is 5.43 Å². The molecule has 2 aromatic carbocycles. The van der Waals surface area contributed by atoms with Crippen molar-refractivity contribution < 1.29 is 13.9 Å². The number of morpholine rings is 1. The van der Waals surface area contributed by atoms with Crippen LogP contribution in [0.5, 0.6) is 0 Å². The van der Waals surface area contributed by atoms with Crippen LogP contribution in [-0.2, 0) is 4.74 Å². The summed E-state index contributed by atoms with van der Waals surface area (Å²) in [4.78, 5) is 31.3. The maximum atomic E-state index is 13.6. The molecule has 1 unspecified atom stereocenters. The summed E-state index contributed by atoms with van der Waals surface area (Å²) in [5.41, 5.74) is 3.83. The lowest BCUT2D eigenvalue weighted by molar-refractivity contribution is 0.0353. The number of benzene rings is 2. The third-order valence-electron chi connectivity index (χ3n) is 6.67. The highest BCUT2D eigenvalue weighted by Gasteiger charge is 2.42. The van der Waals surface area contributed by atoms with Gasteiger partial charge in [-0.15, -0.1) is 0 Å². The molecule has 0 spiro atoms. The quantitative estimate of drug-likeness (QED) is 0.616. The summed E-state index contributed by atoms with van der Waals surface area (Å²) >= 11 is 0. The smallest absolute Gasteiger partial charge is 0.290 e. The summed E-state index contributed by atoms with van der Waals surface area (Å²) in [6, 6.07) is 13.1. The van der Waals surface area contributed by atoms with Crippen molar-refractivity contribution in [1.29, 1.82) is 0 Å². The number of hydrogen-bond acceptors (Lipinski definition) is 5. The Balaban J connectivity index is 1.54. The summed E-state index contributed by atoms with van der Waals surface area (Å²) in [6.07, 6.45) is 0.828. The molecule has 3 aromatic rings. The van der Waals surface area contributed by atoms with Crippen LogP contribution in [0.1, 0.15) is 45.3 Å². The van der Waals surface area contributed by atoms with Crippen LogP contribution < -0.4 is 5.43 Å². The van der Waals surface area contributed by atoms with Gasteiger partial charge in [0.25, 0.3) is 5.91 Å². The average molecular weight is 433 g/mol. The normalized spacial score (nSPS) is 19.0. The van der Waals surface area contributed by atoms with Crippen LogP contribution in [0.3, 0.4) is 0 Å². The van der Waals surface area contributed by atoms with E-state index < -0.39 is 6.04 Å². The van der Waals surface area contributed by atoms with Crippen molar-refractivity contribution in [3.8, 4) is 0 Å². The Morgan fingerprint density at radius 2 is 1.69 bits per heavy atom. The first kappa shape index (κ1) is 20.9. The van der Waals surface area contributed by atoms with E-state index in [0.717, 1.165) is 56.0 Å². The maximum Gasteiger partial charge on any atom is 0.290 e. The number of amides is 1. The molecule has 6 nitrogen and oxygen atoms in total. The van der Waals surface area contributed by atoms with Gasteiger partial charge in [-0.25, -0.2) is 0 Å². The van der Waals surface area contributed by atoms with E-state index in [9.17, 15) is 9.59 Å². The second-order valence-electron chi connectivity index (χ2n) is 8.73. The summed E-state index contributed by atoms with van der Waals surface area (Å²) < 4.78 is 11.5. The molecule has 0 radical (unpaired) electrons. The van der Waals surface area contributed by atoms with Crippen LogP contribution in [0.25, 0.3) is 11.0 Å². The highest BCUT2D eigenvalue weighted by Crippen LogP contribution is 2.38. The van der Waals surface area contributed by atoms with Crippen molar-refractivity contribution in [3.05, 3.63) is 80.7 Å². The third-order valence-corrected chi connectivity index (χ3v) is 6.67. The summed E-state index contributed by atoms with van der Waals surface area (Å²) in [6.45, 7) is 8.77. The maximum absolute atomic E-state index is 13.6. The Bertz CT molecular complexity index is 1210. The number of nitrogens with zero attached hydrogens (tertiary/aromatic N) is 2. The molecule has 2 aliphatic heterocycles. The number of carbonyl (C=O) groups excluding carboxylic acids is 1. The van der Waals surface area contributed by atoms with E-state index in [0.29, 0.717) is 23.1 Å². The number of rotatable bonds is 5. The molecule has 1 atom stereocenters. The van der Waals surface area contributed by atoms with E-state index in [1.807, 2.05) is 61.2 Å². The fourth-order valence-electron chi connectivity index (χ4n) is 4.78. The third kappa shape index (κ3) is 3.63. The molecule has 5 rings (SSSR count). The monoisotopic (exact) mass is 432 g/mol. The lowest BCUT2D eigenvalue weighted by Crippen LogP contribution is -2.38. The largest absolute Gasteiger partial charge is 0.450 e. The molecule has 6 heteroatoms. The van der Waals surface area contributed by atoms with Gasteiger partial charge in [0.2, 0.25) is 5.76 Å². The van der Waals surface area contributed by atoms with Gasteiger partial charge < -0.3 is 14.1 Å². The van der Waals surface area contributed by atoms with Crippen molar-refractivity contribution in [2.24, 2.45) is 0 Å². The summed E-state index contributed by atoms with van der Waals surface area (Å²) in [7, 11) is 0. The number of carbonyl (C=O) groups is 1. The lowest BCUT2D eigenvalue weighted by atomic mass is 9.97. The minimum Gasteiger partial charge on any atom is -0.450 e. The van der Waals surface area contributed by atoms with E-state index in [4.69, 9.17) is 9.15 Å². The van der Waals surface area contributed by atoms with Crippen molar-refractivity contribution in [2.75, 3.05) is 39.4 Å². The molecule has 1 aromatic heterocycles. The Morgan fingerprint density at radius 1 is 0.969 bits per heavy atom. The van der Waals surface area contributed by atoms with Crippen molar-refractivity contribution >= 4 is 16.9 Å². The average Bonchev–Trinajstić information content (AvgIpc) is 3.09. The molecule has 0 aliphatic carbocycles. The van der Waals surface area contributed by atoms with Crippen LogP contribution in [0.4, 0.5) is 0 Å². The fraction of sp³-hybridized carbons (Fsp3) is 0.385. The van der Waals surface area contributed by atoms with Crippen LogP contribution in [0.15, 0.2) is 51.7 Å². The van der Waals surface area contributed by atoms with Gasteiger partial charge in [-0.2, -0.15) is 0 Å². The lowest BCUT2D eigenvalue weighted by Gasteiger charge is -2.29. The zero-order valence-corrected chi connectivity index (χ0v) is 18.6. The molecule has 0 bridgehead atoms. The highest BCUT2D eigenvalue weighted by atomic mass is 16.5. The summed E-state index contributed by atoms with van der Waals surface area (Å²) in [5.74, 6) is -0.0148. The van der Waals surface area contributed by atoms with Crippen LogP contribution in [-0.4, -0.2) is 55.1 Å². The van der Waals surface area contributed by atoms with E-state index in [1.54, 1.807) is 0 Å². The van der Waals surface area contributed by atoms with Crippen molar-refractivity contribution in [1.82, 2.24) is 9.80 Å². The molecule has 0 saturated carbocycles. The molecule has 0 N–H and O–H groups in total. The second kappa shape index (κ2) is 8.52. The molecule has 1 fully saturated rings. The Morgan fingerprint density at radius 3 is 2.44 bits per heavy atom. The van der Waals surface area contributed by atoms with Gasteiger partial charge in [-0.1, -0.05) is 30.3 Å². The zero-order chi connectivity index (χ0) is 22.2. The molecule has 3 heterocycles. The predicted octanol–water partition coefficient (Wildman–Crippen LogP) is 3.68. The van der Waals surface area contributed by atoms with Crippen molar-refractivity contribution in [3.63, 3.8) is 0 Å². The van der Waals surface area contributed by atoms with Gasteiger partial charge in [0, 0.05) is 26.2 Å². The van der Waals surface area contributed by atoms with Gasteiger partial charge in [-0.05, 0) is 49.1 Å². The minimum atomic E-state index is -0.425. The van der Waals surface area contributed by atoms with E-state index in [-0.39, 0.29) is 17.1 Å². The molecule has 32 heavy (non-hydrogen) atoms. The second-order valence-corrected chi connectivity index (χ2v) is 8.73. The summed E-state index contributed by atoms with van der Waals surface area (Å²) in [5, 5.41) is 0.538. The van der Waals surface area contributed by atoms with Gasteiger partial charge >= 0.3 is 0 Å². The van der Waals surface area contributed by atoms with Crippen LogP contribution in [0, 0.1) is 13.8 Å². The van der Waals surface area contributed by atoms with E-state index in [1.165, 1.54) is 0 Å². The number of hydrogen-bond donors (Lipinski definition) is 0. The topological polar surface area (TPSA) is 63.0 Å². The van der Waals surface area contributed by atoms with Crippen LogP contribution >= 0.6 is 0 Å². The number of aryl methyl sites for hydroxylation is 2. The minimum absolute atomic E-state index is 0.109. The number of ether oxygens (including phenoxy) is 1. The number of fused-ring (bicyclic) bond motifs is 2. The standard InChI is InChI=1S/C26H28N2O4/c1-17-15-20-21(16-18(17)2)32-25-22(24(20)29)23(19-7-4-3-5-8-19)28(26(25)30)10-6-9-27-11-13-31-14-12-27/h3-5,7-8,15-16,23H,6,9-14H2,1-2H3. The first-order valence-electron chi connectivity index (χ1n) is 11.3. The van der Waals surface area contributed by atoms with E-state index in [2.05, 4.69) is 4.90 Å². The van der Waals surface area contributed by atoms with Crippen molar-refractivity contribution in [2.45, 2.75) is 26.3 Å².